The molecule has 0 fully saturated rings. The summed E-state index contributed by atoms with van der Waals surface area (Å²) < 4.78 is 27.7. The van der Waals surface area contributed by atoms with Crippen molar-refractivity contribution in [3.8, 4) is 11.1 Å². The summed E-state index contributed by atoms with van der Waals surface area (Å²) in [5.41, 5.74) is 3.98. The molecule has 0 aliphatic rings. The normalized spacial score (nSPS) is 11.7. The first kappa shape index (κ1) is 46.8. The Kier molecular flexibility index (Phi) is 22.0. The summed E-state index contributed by atoms with van der Waals surface area (Å²) in [6.45, 7) is 11.9. The van der Waals surface area contributed by atoms with Gasteiger partial charge in [0.25, 0.3) is 0 Å². The molecule has 4 aromatic rings. The van der Waals surface area contributed by atoms with Gasteiger partial charge in [-0.1, -0.05) is 80.6 Å². The number of carbonyl (C=O) groups excluding carboxylic acids is 3. The zero-order valence-electron chi connectivity index (χ0n) is 35.0. The van der Waals surface area contributed by atoms with Crippen LogP contribution in [0.15, 0.2) is 85.1 Å². The van der Waals surface area contributed by atoms with Crippen LogP contribution in [-0.4, -0.2) is 108 Å². The van der Waals surface area contributed by atoms with Gasteiger partial charge in [0.05, 0.1) is 78.5 Å². The maximum Gasteiger partial charge on any atom is 0.239 e. The number of benzene rings is 3. The van der Waals surface area contributed by atoms with E-state index in [1.165, 1.54) is 0 Å². The number of fused-ring (bicyclic) bond motifs is 1. The summed E-state index contributed by atoms with van der Waals surface area (Å²) in [5.74, 6) is 0.526. The minimum Gasteiger partial charge on any atom is -0.379 e. The van der Waals surface area contributed by atoms with E-state index in [4.69, 9.17) is 23.7 Å². The minimum atomic E-state index is -0.622. The second kappa shape index (κ2) is 27.7. The van der Waals surface area contributed by atoms with Gasteiger partial charge in [-0.3, -0.25) is 14.4 Å². The fourth-order valence-electron chi connectivity index (χ4n) is 6.06. The molecule has 1 heterocycles. The van der Waals surface area contributed by atoms with Crippen molar-refractivity contribution in [2.45, 2.75) is 52.5 Å². The Hall–Kier alpha value is -4.92. The van der Waals surface area contributed by atoms with Crippen molar-refractivity contribution in [3.63, 3.8) is 0 Å². The molecule has 1 atom stereocenters. The standard InChI is InChI=1S/C46H63N5O8/c1-35(2)18-22-55-24-26-57-28-30-59-31-29-58-27-25-56-23-21-49-45(53)33-42(39-15-13-38(14-16-39)41-11-6-9-37-8-4-5-10-40(37)41)51-46(54)34-50-44(52)12-7-19-47-43-32-36(3)17-20-48-43/h4-6,8-11,13-17,20,32,35,42H,7,12,18-19,21-31,33-34H2,1-3H3,(H,47,48)(H,49,53)(H,50,52)(H,51,54)/t42-/m0/s1. The fraction of sp³-hybridized carbons (Fsp3) is 0.478. The highest BCUT2D eigenvalue weighted by Crippen LogP contribution is 2.30. The largest absolute Gasteiger partial charge is 0.379 e. The number of anilines is 1. The number of rotatable bonds is 30. The van der Waals surface area contributed by atoms with Gasteiger partial charge in [-0.25, -0.2) is 4.98 Å². The Labute approximate surface area is 349 Å². The molecular weight excluding hydrogens is 751 g/mol. The van der Waals surface area contributed by atoms with E-state index < -0.39 is 11.9 Å². The average Bonchev–Trinajstić information content (AvgIpc) is 3.23. The maximum atomic E-state index is 13.1. The first-order chi connectivity index (χ1) is 28.8. The van der Waals surface area contributed by atoms with Crippen LogP contribution in [0, 0.1) is 12.8 Å². The number of nitrogens with one attached hydrogen (secondary N) is 4. The summed E-state index contributed by atoms with van der Waals surface area (Å²) in [6.07, 6.45) is 3.62. The van der Waals surface area contributed by atoms with Crippen LogP contribution in [0.5, 0.6) is 0 Å². The summed E-state index contributed by atoms with van der Waals surface area (Å²) >= 11 is 0. The van der Waals surface area contributed by atoms with Gasteiger partial charge in [-0.05, 0) is 70.8 Å². The molecule has 3 amide bonds. The Balaban J connectivity index is 1.15. The average molecular weight is 814 g/mol. The lowest BCUT2D eigenvalue weighted by Gasteiger charge is -2.20. The third kappa shape index (κ3) is 19.1. The Morgan fingerprint density at radius 1 is 0.661 bits per heavy atom. The van der Waals surface area contributed by atoms with E-state index >= 15 is 0 Å². The van der Waals surface area contributed by atoms with E-state index in [2.05, 4.69) is 64.4 Å². The first-order valence-corrected chi connectivity index (χ1v) is 20.7. The van der Waals surface area contributed by atoms with Crippen LogP contribution in [0.1, 0.15) is 56.7 Å². The molecule has 13 heteroatoms. The number of aryl methyl sites for hydroxylation is 1. The van der Waals surface area contributed by atoms with Crippen LogP contribution in [-0.2, 0) is 38.1 Å². The van der Waals surface area contributed by atoms with Gasteiger partial charge in [0.2, 0.25) is 17.7 Å². The monoisotopic (exact) mass is 813 g/mol. The number of hydrogen-bond acceptors (Lipinski definition) is 10. The number of pyridine rings is 1. The molecule has 0 spiro atoms. The molecule has 1 aromatic heterocycles. The number of ether oxygens (including phenoxy) is 5. The topological polar surface area (TPSA) is 158 Å². The van der Waals surface area contributed by atoms with E-state index in [-0.39, 0.29) is 31.2 Å². The summed E-state index contributed by atoms with van der Waals surface area (Å²) in [6, 6.07) is 25.5. The third-order valence-corrected chi connectivity index (χ3v) is 9.28. The van der Waals surface area contributed by atoms with Crippen molar-refractivity contribution >= 4 is 34.3 Å². The molecule has 0 radical (unpaired) electrons. The van der Waals surface area contributed by atoms with Crippen molar-refractivity contribution in [2.24, 2.45) is 5.92 Å². The van der Waals surface area contributed by atoms with Crippen molar-refractivity contribution in [1.82, 2.24) is 20.9 Å². The van der Waals surface area contributed by atoms with Gasteiger partial charge in [0.15, 0.2) is 0 Å². The maximum absolute atomic E-state index is 13.1. The number of amides is 3. The second-order valence-electron chi connectivity index (χ2n) is 14.6. The van der Waals surface area contributed by atoms with E-state index in [0.29, 0.717) is 84.9 Å². The number of nitrogens with zero attached hydrogens (tertiary/aromatic N) is 1. The summed E-state index contributed by atoms with van der Waals surface area (Å²) in [5, 5.41) is 14.0. The molecule has 4 N–H and O–H groups in total. The summed E-state index contributed by atoms with van der Waals surface area (Å²) in [7, 11) is 0. The quantitative estimate of drug-likeness (QED) is 0.0460. The molecule has 59 heavy (non-hydrogen) atoms. The smallest absolute Gasteiger partial charge is 0.239 e. The third-order valence-electron chi connectivity index (χ3n) is 9.28. The molecule has 0 aliphatic carbocycles. The molecule has 13 nitrogen and oxygen atoms in total. The molecule has 0 bridgehead atoms. The molecule has 0 unspecified atom stereocenters. The van der Waals surface area contributed by atoms with Gasteiger partial charge in [0, 0.05) is 32.3 Å². The lowest BCUT2D eigenvalue weighted by Crippen LogP contribution is -2.40. The molecule has 0 saturated carbocycles. The number of hydrogen-bond donors (Lipinski definition) is 4. The Morgan fingerprint density at radius 2 is 1.31 bits per heavy atom. The van der Waals surface area contributed by atoms with Crippen molar-refractivity contribution < 1.29 is 38.1 Å². The molecule has 320 valence electrons. The molecule has 0 saturated heterocycles. The van der Waals surface area contributed by atoms with Crippen molar-refractivity contribution in [2.75, 3.05) is 91.0 Å². The van der Waals surface area contributed by atoms with Crippen LogP contribution >= 0.6 is 0 Å². The van der Waals surface area contributed by atoms with Crippen molar-refractivity contribution in [3.05, 3.63) is 96.2 Å². The first-order valence-electron chi connectivity index (χ1n) is 20.7. The molecule has 0 aliphatic heterocycles. The van der Waals surface area contributed by atoms with E-state index in [1.807, 2.05) is 61.5 Å². The van der Waals surface area contributed by atoms with Gasteiger partial charge in [-0.15, -0.1) is 0 Å². The number of aromatic nitrogens is 1. The van der Waals surface area contributed by atoms with E-state index in [1.54, 1.807) is 6.20 Å². The Bertz CT molecular complexity index is 1820. The lowest BCUT2D eigenvalue weighted by molar-refractivity contribution is -0.127. The van der Waals surface area contributed by atoms with Gasteiger partial charge < -0.3 is 45.0 Å². The van der Waals surface area contributed by atoms with Crippen molar-refractivity contribution in [1.29, 1.82) is 0 Å². The predicted molar refractivity (Wildman–Crippen MR) is 231 cm³/mol. The summed E-state index contributed by atoms with van der Waals surface area (Å²) in [4.78, 5) is 43.0. The number of carbonyl (C=O) groups is 3. The van der Waals surface area contributed by atoms with E-state index in [0.717, 1.165) is 51.9 Å². The van der Waals surface area contributed by atoms with Gasteiger partial charge in [0.1, 0.15) is 5.82 Å². The zero-order chi connectivity index (χ0) is 41.9. The molecule has 3 aromatic carbocycles. The van der Waals surface area contributed by atoms with Crippen LogP contribution in [0.4, 0.5) is 5.82 Å². The molecule has 4 rings (SSSR count). The highest BCUT2D eigenvalue weighted by molar-refractivity contribution is 5.96. The molecular formula is C46H63N5O8. The second-order valence-corrected chi connectivity index (χ2v) is 14.6. The fourth-order valence-corrected chi connectivity index (χ4v) is 6.06. The van der Waals surface area contributed by atoms with Crippen LogP contribution in [0.2, 0.25) is 0 Å². The highest BCUT2D eigenvalue weighted by atomic mass is 16.6. The van der Waals surface area contributed by atoms with Crippen LogP contribution < -0.4 is 21.3 Å². The lowest BCUT2D eigenvalue weighted by atomic mass is 9.95. The Morgan fingerprint density at radius 3 is 1.98 bits per heavy atom. The predicted octanol–water partition coefficient (Wildman–Crippen LogP) is 6.01. The van der Waals surface area contributed by atoms with Crippen LogP contribution in [0.3, 0.4) is 0 Å². The minimum absolute atomic E-state index is 0.00614. The van der Waals surface area contributed by atoms with Gasteiger partial charge in [-0.2, -0.15) is 0 Å². The zero-order valence-corrected chi connectivity index (χ0v) is 35.0. The van der Waals surface area contributed by atoms with E-state index in [9.17, 15) is 14.4 Å². The van der Waals surface area contributed by atoms with Gasteiger partial charge >= 0.3 is 0 Å². The SMILES string of the molecule is Cc1ccnc(NCCCC(=O)NCC(=O)N[C@@H](CC(=O)NCCOCCOCCOCCOCCOCCC(C)C)c2ccc(-c3cccc4ccccc34)cc2)c1. The van der Waals surface area contributed by atoms with Crippen LogP contribution in [0.25, 0.3) is 21.9 Å². The highest BCUT2D eigenvalue weighted by Gasteiger charge is 2.19.